The lowest BCUT2D eigenvalue weighted by Gasteiger charge is -2.14. The predicted molar refractivity (Wildman–Crippen MR) is 154 cm³/mol. The summed E-state index contributed by atoms with van der Waals surface area (Å²) < 4.78 is 13.7. The van der Waals surface area contributed by atoms with E-state index in [9.17, 15) is 9.18 Å². The topological polar surface area (TPSA) is 103 Å². The number of halogens is 1. The molecule has 0 fully saturated rings. The van der Waals surface area contributed by atoms with E-state index in [-0.39, 0.29) is 12.2 Å². The minimum atomic E-state index is -0.394. The molecule has 0 saturated heterocycles. The maximum Gasteiger partial charge on any atom is 0.256 e. The second-order valence-corrected chi connectivity index (χ2v) is 8.80. The van der Waals surface area contributed by atoms with Crippen LogP contribution in [0.15, 0.2) is 71.9 Å². The first kappa shape index (κ1) is 28.4. The Hall–Kier alpha value is -4.14. The van der Waals surface area contributed by atoms with E-state index in [1.165, 1.54) is 28.8 Å². The number of aryl methyl sites for hydroxylation is 3. The number of aromatic nitrogens is 3. The average molecular weight is 516 g/mol. The van der Waals surface area contributed by atoms with Crippen molar-refractivity contribution in [3.8, 4) is 0 Å². The van der Waals surface area contributed by atoms with E-state index in [1.54, 1.807) is 31.5 Å². The van der Waals surface area contributed by atoms with Gasteiger partial charge in [-0.1, -0.05) is 12.1 Å². The van der Waals surface area contributed by atoms with Crippen molar-refractivity contribution < 1.29 is 9.50 Å². The van der Waals surface area contributed by atoms with Crippen LogP contribution in [0.5, 0.6) is 0 Å². The van der Waals surface area contributed by atoms with Crippen molar-refractivity contribution in [1.29, 1.82) is 0 Å². The standard InChI is InChI=1S/C21H18FN3O.C7H10N2.C2H6O/c1-11-8-13(3)18(9-12(11)2)25-20-15-6-7-23-21(26)19(15)16-10-14(22)4-5-17(16)24-20;1-8-5-7-3-2-4-9-6-7;1-2-3/h4-10H,1-3H3,(H,23,26)(H,24,25);2-4,6,8H,5H2,1H3;3H,2H2,1H3. The van der Waals surface area contributed by atoms with Crippen molar-refractivity contribution >= 4 is 33.2 Å². The molecule has 0 atom stereocenters. The van der Waals surface area contributed by atoms with Gasteiger partial charge in [0.05, 0.1) is 10.9 Å². The number of hydrogen-bond acceptors (Lipinski definition) is 6. The van der Waals surface area contributed by atoms with Gasteiger partial charge >= 0.3 is 0 Å². The first-order chi connectivity index (χ1) is 18.3. The van der Waals surface area contributed by atoms with Crippen LogP contribution in [-0.4, -0.2) is 33.7 Å². The highest BCUT2D eigenvalue weighted by atomic mass is 19.1. The van der Waals surface area contributed by atoms with Gasteiger partial charge < -0.3 is 20.7 Å². The second kappa shape index (κ2) is 13.4. The molecule has 8 heteroatoms. The van der Waals surface area contributed by atoms with Gasteiger partial charge in [0, 0.05) is 48.2 Å². The van der Waals surface area contributed by atoms with Crippen LogP contribution in [0.25, 0.3) is 21.7 Å². The summed E-state index contributed by atoms with van der Waals surface area (Å²) in [5.41, 5.74) is 5.94. The van der Waals surface area contributed by atoms with Gasteiger partial charge in [-0.25, -0.2) is 9.37 Å². The second-order valence-electron chi connectivity index (χ2n) is 8.80. The molecule has 0 unspecified atom stereocenters. The number of anilines is 2. The summed E-state index contributed by atoms with van der Waals surface area (Å²) in [4.78, 5) is 23.7. The number of pyridine rings is 3. The zero-order chi connectivity index (χ0) is 27.7. The van der Waals surface area contributed by atoms with E-state index in [4.69, 9.17) is 5.11 Å². The largest absolute Gasteiger partial charge is 0.397 e. The summed E-state index contributed by atoms with van der Waals surface area (Å²) in [6.07, 6.45) is 5.21. The zero-order valence-corrected chi connectivity index (χ0v) is 22.4. The molecule has 0 aliphatic carbocycles. The number of aromatic amines is 1. The number of fused-ring (bicyclic) bond motifs is 3. The van der Waals surface area contributed by atoms with Crippen LogP contribution in [-0.2, 0) is 6.54 Å². The summed E-state index contributed by atoms with van der Waals surface area (Å²) >= 11 is 0. The Labute approximate surface area is 221 Å². The number of rotatable bonds is 4. The minimum absolute atomic E-state index is 0.250. The van der Waals surface area contributed by atoms with Crippen molar-refractivity contribution in [3.05, 3.63) is 106 Å². The molecule has 4 N–H and O–H groups in total. The van der Waals surface area contributed by atoms with Crippen LogP contribution in [0.1, 0.15) is 29.2 Å². The summed E-state index contributed by atoms with van der Waals surface area (Å²) in [5.74, 6) is 0.186. The molecule has 2 aromatic carbocycles. The molecule has 0 amide bonds. The van der Waals surface area contributed by atoms with E-state index in [0.717, 1.165) is 17.8 Å². The van der Waals surface area contributed by atoms with Gasteiger partial charge in [-0.05, 0) is 93.4 Å². The summed E-state index contributed by atoms with van der Waals surface area (Å²) in [7, 11) is 1.92. The van der Waals surface area contributed by atoms with Gasteiger partial charge in [-0.3, -0.25) is 9.78 Å². The normalized spacial score (nSPS) is 10.4. The monoisotopic (exact) mass is 515 g/mol. The Morgan fingerprint density at radius 3 is 2.42 bits per heavy atom. The predicted octanol–water partition coefficient (Wildman–Crippen LogP) is 5.68. The van der Waals surface area contributed by atoms with Crippen molar-refractivity contribution in [3.63, 3.8) is 0 Å². The van der Waals surface area contributed by atoms with Gasteiger partial charge in [0.1, 0.15) is 11.6 Å². The number of aliphatic hydroxyl groups is 1. The third-order valence-electron chi connectivity index (χ3n) is 5.87. The van der Waals surface area contributed by atoms with E-state index in [1.807, 2.05) is 32.3 Å². The molecule has 0 radical (unpaired) electrons. The fraction of sp³-hybridized carbons (Fsp3) is 0.233. The molecule has 0 spiro atoms. The number of nitrogens with zero attached hydrogens (tertiary/aromatic N) is 2. The Morgan fingerprint density at radius 1 is 1.00 bits per heavy atom. The fourth-order valence-corrected chi connectivity index (χ4v) is 3.95. The number of nitrogens with one attached hydrogen (secondary N) is 3. The van der Waals surface area contributed by atoms with Crippen LogP contribution in [0.4, 0.5) is 15.9 Å². The maximum atomic E-state index is 13.7. The number of hydrogen-bond donors (Lipinski definition) is 4. The lowest BCUT2D eigenvalue weighted by atomic mass is 10.0. The lowest BCUT2D eigenvalue weighted by molar-refractivity contribution is 0.318. The van der Waals surface area contributed by atoms with Gasteiger partial charge in [0.25, 0.3) is 5.56 Å². The molecule has 7 nitrogen and oxygen atoms in total. The highest BCUT2D eigenvalue weighted by Crippen LogP contribution is 2.31. The minimum Gasteiger partial charge on any atom is -0.397 e. The van der Waals surface area contributed by atoms with Crippen LogP contribution in [0.2, 0.25) is 0 Å². The lowest BCUT2D eigenvalue weighted by Crippen LogP contribution is -2.08. The summed E-state index contributed by atoms with van der Waals surface area (Å²) in [5, 5.41) is 15.6. The smallest absolute Gasteiger partial charge is 0.256 e. The van der Waals surface area contributed by atoms with Crippen molar-refractivity contribution in [2.45, 2.75) is 34.2 Å². The molecular formula is C30H34FN5O2. The first-order valence-electron chi connectivity index (χ1n) is 12.4. The zero-order valence-electron chi connectivity index (χ0n) is 22.4. The molecule has 0 saturated carbocycles. The SMILES string of the molecule is CCO.CNCc1cccnc1.Cc1cc(C)c(Nc2nc3ccc(F)cc3c3c(=O)[nH]ccc23)cc1C. The number of benzene rings is 2. The highest BCUT2D eigenvalue weighted by Gasteiger charge is 2.13. The summed E-state index contributed by atoms with van der Waals surface area (Å²) in [6, 6.07) is 14.2. The van der Waals surface area contributed by atoms with Crippen molar-refractivity contribution in [2.75, 3.05) is 19.0 Å². The Morgan fingerprint density at radius 2 is 1.74 bits per heavy atom. The molecule has 38 heavy (non-hydrogen) atoms. The third-order valence-corrected chi connectivity index (χ3v) is 5.87. The van der Waals surface area contributed by atoms with Crippen LogP contribution >= 0.6 is 0 Å². The van der Waals surface area contributed by atoms with Crippen LogP contribution in [0.3, 0.4) is 0 Å². The van der Waals surface area contributed by atoms with E-state index < -0.39 is 5.82 Å². The van der Waals surface area contributed by atoms with Crippen LogP contribution < -0.4 is 16.2 Å². The van der Waals surface area contributed by atoms with Crippen molar-refractivity contribution in [2.24, 2.45) is 0 Å². The molecule has 3 aromatic heterocycles. The fourth-order valence-electron chi connectivity index (χ4n) is 3.95. The molecule has 198 valence electrons. The molecule has 0 aliphatic heterocycles. The van der Waals surface area contributed by atoms with E-state index >= 15 is 0 Å². The van der Waals surface area contributed by atoms with Gasteiger partial charge in [-0.2, -0.15) is 0 Å². The maximum absolute atomic E-state index is 13.7. The van der Waals surface area contributed by atoms with Gasteiger partial charge in [0.15, 0.2) is 0 Å². The van der Waals surface area contributed by atoms with Gasteiger partial charge in [-0.15, -0.1) is 0 Å². The van der Waals surface area contributed by atoms with Crippen molar-refractivity contribution in [1.82, 2.24) is 20.3 Å². The summed E-state index contributed by atoms with van der Waals surface area (Å²) in [6.45, 7) is 8.98. The quantitative estimate of drug-likeness (QED) is 0.230. The third kappa shape index (κ3) is 7.00. The van der Waals surface area contributed by atoms with Gasteiger partial charge in [0.2, 0.25) is 0 Å². The Kier molecular flexibility index (Phi) is 10.0. The molecule has 0 bridgehead atoms. The Balaban J connectivity index is 0.000000278. The van der Waals surface area contributed by atoms with Crippen LogP contribution in [0, 0.1) is 26.6 Å². The Bertz CT molecular complexity index is 1570. The number of H-pyrrole nitrogens is 1. The molecule has 0 aliphatic rings. The molecule has 3 heterocycles. The molecule has 5 aromatic rings. The average Bonchev–Trinajstić information content (AvgIpc) is 2.89. The first-order valence-corrected chi connectivity index (χ1v) is 12.4. The number of aliphatic hydroxyl groups excluding tert-OH is 1. The van der Waals surface area contributed by atoms with E-state index in [2.05, 4.69) is 51.6 Å². The van der Waals surface area contributed by atoms with E-state index in [0.29, 0.717) is 27.5 Å². The molecular weight excluding hydrogens is 481 g/mol. The highest BCUT2D eigenvalue weighted by molar-refractivity contribution is 6.10. The molecule has 5 rings (SSSR count).